The lowest BCUT2D eigenvalue weighted by Crippen LogP contribution is -2.09. The molecule has 0 N–H and O–H groups in total. The second kappa shape index (κ2) is 4.22. The molecule has 0 amide bonds. The Bertz CT molecular complexity index is 499. The van der Waals surface area contributed by atoms with Crippen molar-refractivity contribution in [1.82, 2.24) is 9.72 Å². The van der Waals surface area contributed by atoms with Gasteiger partial charge in [-0.25, -0.2) is 4.79 Å². The van der Waals surface area contributed by atoms with Crippen molar-refractivity contribution in [2.24, 2.45) is 7.05 Å². The minimum atomic E-state index is -0.367. The zero-order chi connectivity index (χ0) is 11.5. The molecule has 2 aromatic heterocycles. The number of esters is 1. The second-order valence-corrected chi connectivity index (χ2v) is 3.51. The highest BCUT2D eigenvalue weighted by Crippen LogP contribution is 2.06. The van der Waals surface area contributed by atoms with Gasteiger partial charge in [0.1, 0.15) is 23.8 Å². The maximum Gasteiger partial charge on any atom is 0.355 e. The average molecular weight is 220 g/mol. The lowest BCUT2D eigenvalue weighted by Gasteiger charge is -2.02. The molecule has 0 bridgehead atoms. The van der Waals surface area contributed by atoms with Crippen molar-refractivity contribution in [3.63, 3.8) is 0 Å². The molecule has 5 nitrogen and oxygen atoms in total. The van der Waals surface area contributed by atoms with Crippen LogP contribution in [0.1, 0.15) is 21.9 Å². The van der Waals surface area contributed by atoms with Crippen LogP contribution in [0.2, 0.25) is 0 Å². The van der Waals surface area contributed by atoms with Crippen LogP contribution in [0.4, 0.5) is 0 Å². The monoisotopic (exact) mass is 220 g/mol. The van der Waals surface area contributed by atoms with Gasteiger partial charge < -0.3 is 13.8 Å². The lowest BCUT2D eigenvalue weighted by molar-refractivity contribution is 0.0453. The molecule has 0 saturated heterocycles. The summed E-state index contributed by atoms with van der Waals surface area (Å²) in [6, 6.07) is 5.23. The van der Waals surface area contributed by atoms with Gasteiger partial charge in [0.25, 0.3) is 0 Å². The highest BCUT2D eigenvalue weighted by molar-refractivity contribution is 5.87. The van der Waals surface area contributed by atoms with E-state index in [9.17, 15) is 4.79 Å². The summed E-state index contributed by atoms with van der Waals surface area (Å²) in [7, 11) is 1.79. The standard InChI is InChI=1S/C11H12N2O3/c1-8-6-9(12-16-8)7-15-11(14)10-4-3-5-13(10)2/h3-6H,7H2,1-2H3. The van der Waals surface area contributed by atoms with Gasteiger partial charge in [-0.1, -0.05) is 5.16 Å². The first-order valence-corrected chi connectivity index (χ1v) is 4.87. The van der Waals surface area contributed by atoms with Gasteiger partial charge in [-0.2, -0.15) is 0 Å². The van der Waals surface area contributed by atoms with E-state index in [1.807, 2.05) is 0 Å². The van der Waals surface area contributed by atoms with Crippen LogP contribution in [-0.4, -0.2) is 15.7 Å². The van der Waals surface area contributed by atoms with Gasteiger partial charge in [0.2, 0.25) is 0 Å². The number of rotatable bonds is 3. The summed E-state index contributed by atoms with van der Waals surface area (Å²) in [5.41, 5.74) is 1.13. The molecule has 0 spiro atoms. The highest BCUT2D eigenvalue weighted by atomic mass is 16.5. The third-order valence-electron chi connectivity index (χ3n) is 2.18. The normalized spacial score (nSPS) is 10.4. The number of nitrogens with zero attached hydrogens (tertiary/aromatic N) is 2. The van der Waals surface area contributed by atoms with Gasteiger partial charge in [-0.3, -0.25) is 0 Å². The largest absolute Gasteiger partial charge is 0.454 e. The molecular weight excluding hydrogens is 208 g/mol. The minimum absolute atomic E-state index is 0.126. The van der Waals surface area contributed by atoms with E-state index in [1.54, 1.807) is 42.9 Å². The Kier molecular flexibility index (Phi) is 2.76. The average Bonchev–Trinajstić information content (AvgIpc) is 2.84. The third kappa shape index (κ3) is 2.13. The van der Waals surface area contributed by atoms with Gasteiger partial charge in [-0.05, 0) is 19.1 Å². The van der Waals surface area contributed by atoms with Crippen molar-refractivity contribution in [2.45, 2.75) is 13.5 Å². The number of carbonyl (C=O) groups is 1. The summed E-state index contributed by atoms with van der Waals surface area (Å²) < 4.78 is 11.7. The molecule has 2 aromatic rings. The van der Waals surface area contributed by atoms with E-state index in [-0.39, 0.29) is 12.6 Å². The van der Waals surface area contributed by atoms with Crippen molar-refractivity contribution in [2.75, 3.05) is 0 Å². The van der Waals surface area contributed by atoms with Crippen LogP contribution < -0.4 is 0 Å². The van der Waals surface area contributed by atoms with Gasteiger partial charge in [-0.15, -0.1) is 0 Å². The predicted molar refractivity (Wildman–Crippen MR) is 55.8 cm³/mol. The summed E-state index contributed by atoms with van der Waals surface area (Å²) in [5, 5.41) is 3.73. The van der Waals surface area contributed by atoms with Crippen LogP contribution in [0, 0.1) is 6.92 Å². The van der Waals surface area contributed by atoms with E-state index >= 15 is 0 Å². The maximum absolute atomic E-state index is 11.6. The lowest BCUT2D eigenvalue weighted by atomic mass is 10.4. The van der Waals surface area contributed by atoms with Crippen LogP contribution in [0.3, 0.4) is 0 Å². The fourth-order valence-corrected chi connectivity index (χ4v) is 1.37. The molecule has 0 aliphatic heterocycles. The van der Waals surface area contributed by atoms with Crippen LogP contribution in [0.25, 0.3) is 0 Å². The quantitative estimate of drug-likeness (QED) is 0.738. The number of aromatic nitrogens is 2. The second-order valence-electron chi connectivity index (χ2n) is 3.51. The Hall–Kier alpha value is -2.04. The van der Waals surface area contributed by atoms with Crippen LogP contribution >= 0.6 is 0 Å². The Balaban J connectivity index is 1.96. The summed E-state index contributed by atoms with van der Waals surface area (Å²) in [5.74, 6) is 0.332. The molecule has 84 valence electrons. The molecule has 0 atom stereocenters. The van der Waals surface area contributed by atoms with Crippen molar-refractivity contribution >= 4 is 5.97 Å². The Morgan fingerprint density at radius 3 is 3.00 bits per heavy atom. The zero-order valence-electron chi connectivity index (χ0n) is 9.14. The van der Waals surface area contributed by atoms with Gasteiger partial charge in [0.05, 0.1) is 0 Å². The number of aryl methyl sites for hydroxylation is 2. The molecule has 0 unspecified atom stereocenters. The first-order chi connectivity index (χ1) is 7.66. The third-order valence-corrected chi connectivity index (χ3v) is 2.18. The van der Waals surface area contributed by atoms with Crippen LogP contribution in [0.15, 0.2) is 28.9 Å². The first kappa shape index (κ1) is 10.5. The molecule has 0 aliphatic rings. The smallest absolute Gasteiger partial charge is 0.355 e. The Morgan fingerprint density at radius 1 is 1.62 bits per heavy atom. The van der Waals surface area contributed by atoms with E-state index in [0.717, 1.165) is 0 Å². The fourth-order valence-electron chi connectivity index (χ4n) is 1.37. The van der Waals surface area contributed by atoms with Crippen LogP contribution in [-0.2, 0) is 18.4 Å². The summed E-state index contributed by atoms with van der Waals surface area (Å²) in [6.45, 7) is 1.91. The molecular formula is C11H12N2O3. The highest BCUT2D eigenvalue weighted by Gasteiger charge is 2.11. The SMILES string of the molecule is Cc1cc(COC(=O)c2cccn2C)no1. The van der Waals surface area contributed by atoms with Gasteiger partial charge in [0.15, 0.2) is 0 Å². The summed E-state index contributed by atoms with van der Waals surface area (Å²) in [4.78, 5) is 11.6. The van der Waals surface area contributed by atoms with Gasteiger partial charge >= 0.3 is 5.97 Å². The molecule has 0 saturated carbocycles. The molecule has 5 heteroatoms. The number of ether oxygens (including phenoxy) is 1. The number of carbonyl (C=O) groups excluding carboxylic acids is 1. The van der Waals surface area contributed by atoms with Crippen molar-refractivity contribution < 1.29 is 14.1 Å². The van der Waals surface area contributed by atoms with Gasteiger partial charge in [0, 0.05) is 19.3 Å². The molecule has 0 aliphatic carbocycles. The summed E-state index contributed by atoms with van der Waals surface area (Å²) in [6.07, 6.45) is 1.79. The van der Waals surface area contributed by atoms with E-state index < -0.39 is 0 Å². The molecule has 0 radical (unpaired) electrons. The Morgan fingerprint density at radius 2 is 2.44 bits per heavy atom. The summed E-state index contributed by atoms with van der Waals surface area (Å²) >= 11 is 0. The maximum atomic E-state index is 11.6. The zero-order valence-corrected chi connectivity index (χ0v) is 9.14. The van der Waals surface area contributed by atoms with E-state index in [0.29, 0.717) is 17.1 Å². The Labute approximate surface area is 92.6 Å². The molecule has 2 rings (SSSR count). The number of hydrogen-bond donors (Lipinski definition) is 0. The van der Waals surface area contributed by atoms with E-state index in [1.165, 1.54) is 0 Å². The topological polar surface area (TPSA) is 57.3 Å². The van der Waals surface area contributed by atoms with Crippen LogP contribution in [0.5, 0.6) is 0 Å². The van der Waals surface area contributed by atoms with E-state index in [2.05, 4.69) is 5.16 Å². The van der Waals surface area contributed by atoms with E-state index in [4.69, 9.17) is 9.26 Å². The minimum Gasteiger partial charge on any atom is -0.454 e. The fraction of sp³-hybridized carbons (Fsp3) is 0.273. The van der Waals surface area contributed by atoms with Crippen molar-refractivity contribution in [3.05, 3.63) is 41.5 Å². The predicted octanol–water partition coefficient (Wildman–Crippen LogP) is 1.68. The molecule has 2 heterocycles. The number of hydrogen-bond acceptors (Lipinski definition) is 4. The molecule has 0 aromatic carbocycles. The first-order valence-electron chi connectivity index (χ1n) is 4.87. The molecule has 16 heavy (non-hydrogen) atoms. The van der Waals surface area contributed by atoms with Crippen molar-refractivity contribution in [3.8, 4) is 0 Å². The van der Waals surface area contributed by atoms with Crippen molar-refractivity contribution in [1.29, 1.82) is 0 Å². The molecule has 0 fully saturated rings.